The molecule has 0 radical (unpaired) electrons. The monoisotopic (exact) mass is 242 g/mol. The minimum absolute atomic E-state index is 0.0745. The van der Waals surface area contributed by atoms with Gasteiger partial charge in [0, 0.05) is 29.2 Å². The molecule has 18 heavy (non-hydrogen) atoms. The number of carbonyl (C=O) groups is 1. The van der Waals surface area contributed by atoms with Gasteiger partial charge in [-0.3, -0.25) is 14.8 Å². The van der Waals surface area contributed by atoms with Crippen molar-refractivity contribution in [2.75, 3.05) is 6.61 Å². The van der Waals surface area contributed by atoms with Crippen LogP contribution < -0.4 is 4.74 Å². The van der Waals surface area contributed by atoms with Gasteiger partial charge in [0.05, 0.1) is 12.8 Å². The summed E-state index contributed by atoms with van der Waals surface area (Å²) in [6.07, 6.45) is 4.76. The molecule has 0 aliphatic carbocycles. The van der Waals surface area contributed by atoms with Gasteiger partial charge in [0.1, 0.15) is 5.75 Å². The van der Waals surface area contributed by atoms with Crippen molar-refractivity contribution in [2.45, 2.75) is 13.8 Å². The summed E-state index contributed by atoms with van der Waals surface area (Å²) >= 11 is 0. The molecule has 0 fully saturated rings. The Labute approximate surface area is 106 Å². The Morgan fingerprint density at radius 1 is 1.28 bits per heavy atom. The lowest BCUT2D eigenvalue weighted by molar-refractivity contribution is 0.103. The topological polar surface area (TPSA) is 52.1 Å². The minimum Gasteiger partial charge on any atom is -0.492 e. The second kappa shape index (κ2) is 5.40. The number of ketones is 1. The molecule has 4 heteroatoms. The number of aryl methyl sites for hydroxylation is 1. The van der Waals surface area contributed by atoms with E-state index in [1.807, 2.05) is 13.8 Å². The third-order valence-electron chi connectivity index (χ3n) is 2.45. The molecule has 0 spiro atoms. The predicted molar refractivity (Wildman–Crippen MR) is 67.8 cm³/mol. The number of nitrogens with zero attached hydrogens (tertiary/aromatic N) is 2. The summed E-state index contributed by atoms with van der Waals surface area (Å²) in [5.74, 6) is 0.531. The first-order valence-corrected chi connectivity index (χ1v) is 5.76. The van der Waals surface area contributed by atoms with Gasteiger partial charge in [-0.25, -0.2) is 0 Å². The Balaban J connectivity index is 2.31. The fourth-order valence-corrected chi connectivity index (χ4v) is 1.64. The van der Waals surface area contributed by atoms with Gasteiger partial charge in [0.15, 0.2) is 5.78 Å². The van der Waals surface area contributed by atoms with Crippen LogP contribution in [-0.2, 0) is 0 Å². The molecule has 0 amide bonds. The van der Waals surface area contributed by atoms with Gasteiger partial charge in [-0.2, -0.15) is 0 Å². The van der Waals surface area contributed by atoms with E-state index in [1.165, 1.54) is 0 Å². The highest BCUT2D eigenvalue weighted by molar-refractivity contribution is 6.08. The van der Waals surface area contributed by atoms with Gasteiger partial charge in [0.25, 0.3) is 0 Å². The van der Waals surface area contributed by atoms with Crippen molar-refractivity contribution in [1.82, 2.24) is 9.97 Å². The zero-order valence-electron chi connectivity index (χ0n) is 10.4. The second-order valence-electron chi connectivity index (χ2n) is 3.86. The number of ether oxygens (including phenoxy) is 1. The lowest BCUT2D eigenvalue weighted by Crippen LogP contribution is -2.03. The molecule has 0 saturated heterocycles. The molecule has 0 saturated carbocycles. The van der Waals surface area contributed by atoms with Gasteiger partial charge in [0.2, 0.25) is 0 Å². The van der Waals surface area contributed by atoms with E-state index in [2.05, 4.69) is 9.97 Å². The largest absolute Gasteiger partial charge is 0.492 e. The molecule has 0 aromatic carbocycles. The molecule has 4 nitrogen and oxygen atoms in total. The van der Waals surface area contributed by atoms with E-state index in [1.54, 1.807) is 36.8 Å². The lowest BCUT2D eigenvalue weighted by atomic mass is 10.1. The summed E-state index contributed by atoms with van der Waals surface area (Å²) in [6.45, 7) is 4.29. The maximum atomic E-state index is 12.2. The summed E-state index contributed by atoms with van der Waals surface area (Å²) in [5.41, 5.74) is 1.94. The van der Waals surface area contributed by atoms with Crippen LogP contribution in [0.3, 0.4) is 0 Å². The Morgan fingerprint density at radius 3 is 2.83 bits per heavy atom. The normalized spacial score (nSPS) is 10.1. The summed E-state index contributed by atoms with van der Waals surface area (Å²) in [4.78, 5) is 20.3. The van der Waals surface area contributed by atoms with E-state index < -0.39 is 0 Å². The lowest BCUT2D eigenvalue weighted by Gasteiger charge is -2.05. The van der Waals surface area contributed by atoms with E-state index >= 15 is 0 Å². The van der Waals surface area contributed by atoms with E-state index in [-0.39, 0.29) is 5.78 Å². The average Bonchev–Trinajstić information content (AvgIpc) is 2.39. The van der Waals surface area contributed by atoms with Crippen LogP contribution in [0.5, 0.6) is 5.75 Å². The maximum absolute atomic E-state index is 12.2. The van der Waals surface area contributed by atoms with E-state index in [0.29, 0.717) is 23.5 Å². The number of rotatable bonds is 4. The van der Waals surface area contributed by atoms with Crippen molar-refractivity contribution in [3.63, 3.8) is 0 Å². The molecule has 2 rings (SSSR count). The molecule has 0 aliphatic rings. The predicted octanol–water partition coefficient (Wildman–Crippen LogP) is 2.41. The van der Waals surface area contributed by atoms with Crippen LogP contribution in [0.25, 0.3) is 0 Å². The minimum atomic E-state index is -0.0745. The molecule has 92 valence electrons. The summed E-state index contributed by atoms with van der Waals surface area (Å²) in [6, 6.07) is 5.16. The Kier molecular flexibility index (Phi) is 3.67. The molecule has 2 heterocycles. The van der Waals surface area contributed by atoms with E-state index in [0.717, 1.165) is 5.69 Å². The van der Waals surface area contributed by atoms with Gasteiger partial charge in [-0.05, 0) is 32.0 Å². The Bertz CT molecular complexity index is 567. The van der Waals surface area contributed by atoms with Crippen molar-refractivity contribution < 1.29 is 9.53 Å². The molecular formula is C14H14N2O2. The maximum Gasteiger partial charge on any atom is 0.194 e. The quantitative estimate of drug-likeness (QED) is 0.772. The molecule has 2 aromatic rings. The summed E-state index contributed by atoms with van der Waals surface area (Å²) in [7, 11) is 0. The second-order valence-corrected chi connectivity index (χ2v) is 3.86. The molecule has 2 aromatic heterocycles. The van der Waals surface area contributed by atoms with Gasteiger partial charge >= 0.3 is 0 Å². The van der Waals surface area contributed by atoms with Crippen LogP contribution >= 0.6 is 0 Å². The average molecular weight is 242 g/mol. The van der Waals surface area contributed by atoms with Crippen LogP contribution in [0.15, 0.2) is 36.8 Å². The number of aromatic nitrogens is 2. The first-order chi connectivity index (χ1) is 8.70. The summed E-state index contributed by atoms with van der Waals surface area (Å²) in [5, 5.41) is 0. The highest BCUT2D eigenvalue weighted by Gasteiger charge is 2.10. The molecule has 0 atom stereocenters. The van der Waals surface area contributed by atoms with Gasteiger partial charge in [-0.15, -0.1) is 0 Å². The Morgan fingerprint density at radius 2 is 2.11 bits per heavy atom. The zero-order chi connectivity index (χ0) is 13.0. The third kappa shape index (κ3) is 2.71. The first kappa shape index (κ1) is 12.2. The van der Waals surface area contributed by atoms with Crippen molar-refractivity contribution in [3.8, 4) is 5.75 Å². The molecule has 0 unspecified atom stereocenters. The molecular weight excluding hydrogens is 228 g/mol. The van der Waals surface area contributed by atoms with Crippen molar-refractivity contribution in [1.29, 1.82) is 0 Å². The number of pyridine rings is 2. The third-order valence-corrected chi connectivity index (χ3v) is 2.45. The SMILES string of the molecule is CCOc1cncc(C(=O)c2ccnc(C)c2)c1. The standard InChI is InChI=1S/C14H14N2O2/c1-3-18-13-7-12(8-15-9-13)14(17)11-4-5-16-10(2)6-11/h4-9H,3H2,1-2H3. The summed E-state index contributed by atoms with van der Waals surface area (Å²) < 4.78 is 5.33. The fraction of sp³-hybridized carbons (Fsp3) is 0.214. The highest BCUT2D eigenvalue weighted by atomic mass is 16.5. The Hall–Kier alpha value is -2.23. The number of hydrogen-bond donors (Lipinski definition) is 0. The zero-order valence-corrected chi connectivity index (χ0v) is 10.4. The molecule has 0 bridgehead atoms. The number of hydrogen-bond acceptors (Lipinski definition) is 4. The van der Waals surface area contributed by atoms with E-state index in [4.69, 9.17) is 4.74 Å². The van der Waals surface area contributed by atoms with E-state index in [9.17, 15) is 4.79 Å². The van der Waals surface area contributed by atoms with Gasteiger partial charge < -0.3 is 4.74 Å². The van der Waals surface area contributed by atoms with Crippen LogP contribution in [0.4, 0.5) is 0 Å². The smallest absolute Gasteiger partial charge is 0.194 e. The van der Waals surface area contributed by atoms with Crippen molar-refractivity contribution in [3.05, 3.63) is 53.6 Å². The highest BCUT2D eigenvalue weighted by Crippen LogP contribution is 2.15. The van der Waals surface area contributed by atoms with Crippen molar-refractivity contribution >= 4 is 5.78 Å². The first-order valence-electron chi connectivity index (χ1n) is 5.76. The fourth-order valence-electron chi connectivity index (χ4n) is 1.64. The van der Waals surface area contributed by atoms with Crippen LogP contribution in [0, 0.1) is 6.92 Å². The molecule has 0 aliphatic heterocycles. The number of carbonyl (C=O) groups excluding carboxylic acids is 1. The van der Waals surface area contributed by atoms with Crippen LogP contribution in [0.2, 0.25) is 0 Å². The molecule has 0 N–H and O–H groups in total. The van der Waals surface area contributed by atoms with Gasteiger partial charge in [-0.1, -0.05) is 0 Å². The van der Waals surface area contributed by atoms with Crippen LogP contribution in [0.1, 0.15) is 28.5 Å². The van der Waals surface area contributed by atoms with Crippen LogP contribution in [-0.4, -0.2) is 22.4 Å². The van der Waals surface area contributed by atoms with Crippen molar-refractivity contribution in [2.24, 2.45) is 0 Å².